The molecule has 100 valence electrons. The topological polar surface area (TPSA) is 48.4 Å². The summed E-state index contributed by atoms with van der Waals surface area (Å²) in [4.78, 5) is 15.6. The fraction of sp³-hybridized carbons (Fsp3) is 0.455. The number of ether oxygens (including phenoxy) is 2. The van der Waals surface area contributed by atoms with Crippen LogP contribution in [0.5, 0.6) is 5.75 Å². The third-order valence-electron chi connectivity index (χ3n) is 2.28. The van der Waals surface area contributed by atoms with Crippen molar-refractivity contribution in [2.45, 2.75) is 0 Å². The summed E-state index contributed by atoms with van der Waals surface area (Å²) in [5.74, 6) is -0.358. The molecule has 0 saturated heterocycles. The first kappa shape index (κ1) is 15.0. The van der Waals surface area contributed by atoms with Gasteiger partial charge in [-0.05, 0) is 0 Å². The lowest BCUT2D eigenvalue weighted by Gasteiger charge is -2.27. The fourth-order valence-electron chi connectivity index (χ4n) is 1.54. The summed E-state index contributed by atoms with van der Waals surface area (Å²) in [7, 11) is 8.33. The van der Waals surface area contributed by atoms with Crippen LogP contribution in [0.25, 0.3) is 0 Å². The van der Waals surface area contributed by atoms with Gasteiger partial charge in [0.15, 0.2) is 16.5 Å². The first-order valence-corrected chi connectivity index (χ1v) is 5.83. The van der Waals surface area contributed by atoms with Crippen LogP contribution in [0.2, 0.25) is 10.2 Å². The Morgan fingerprint density at radius 2 is 1.78 bits per heavy atom. The highest BCUT2D eigenvalue weighted by Gasteiger charge is 2.32. The van der Waals surface area contributed by atoms with Crippen molar-refractivity contribution in [1.29, 1.82) is 0 Å². The van der Waals surface area contributed by atoms with Gasteiger partial charge in [-0.25, -0.2) is 9.78 Å². The van der Waals surface area contributed by atoms with Gasteiger partial charge in [0.2, 0.25) is 5.75 Å². The van der Waals surface area contributed by atoms with Crippen molar-refractivity contribution in [3.8, 4) is 5.75 Å². The van der Waals surface area contributed by atoms with E-state index in [2.05, 4.69) is 9.72 Å². The minimum Gasteiger partial charge on any atom is -0.489 e. The van der Waals surface area contributed by atoms with Gasteiger partial charge in [-0.3, -0.25) is 4.48 Å². The van der Waals surface area contributed by atoms with Gasteiger partial charge in [0.1, 0.15) is 5.02 Å². The number of aromatic nitrogens is 1. The Morgan fingerprint density at radius 3 is 2.17 bits per heavy atom. The number of carbonyl (C=O) groups excluding carboxylic acids is 1. The molecule has 0 aromatic carbocycles. The molecule has 0 amide bonds. The molecule has 0 radical (unpaired) electrons. The maximum Gasteiger partial charge on any atom is 0.360 e. The number of pyridine rings is 1. The number of hydrogen-bond donors (Lipinski definition) is 0. The molecule has 7 heteroatoms. The van der Waals surface area contributed by atoms with Crippen molar-refractivity contribution < 1.29 is 14.3 Å². The van der Waals surface area contributed by atoms with Crippen LogP contribution < -0.4 is 9.22 Å². The highest BCUT2D eigenvalue weighted by molar-refractivity contribution is 6.43. The molecule has 1 rings (SSSR count). The van der Waals surface area contributed by atoms with E-state index in [9.17, 15) is 4.79 Å². The Bertz CT molecular complexity index is 484. The molecule has 0 aliphatic rings. The van der Waals surface area contributed by atoms with E-state index in [0.717, 1.165) is 0 Å². The minimum atomic E-state index is -0.625. The zero-order valence-electron chi connectivity index (χ0n) is 10.9. The van der Waals surface area contributed by atoms with Crippen LogP contribution in [0.1, 0.15) is 10.5 Å². The van der Waals surface area contributed by atoms with Crippen molar-refractivity contribution in [3.05, 3.63) is 15.9 Å². The number of esters is 1. The van der Waals surface area contributed by atoms with Gasteiger partial charge >= 0.3 is 5.97 Å². The second-order valence-corrected chi connectivity index (χ2v) is 5.19. The van der Waals surface area contributed by atoms with E-state index in [0.29, 0.717) is 10.2 Å². The molecule has 0 bridgehead atoms. The Kier molecular flexibility index (Phi) is 4.42. The van der Waals surface area contributed by atoms with Gasteiger partial charge in [0.25, 0.3) is 0 Å². The molecule has 0 saturated carbocycles. The maximum atomic E-state index is 11.7. The Morgan fingerprint density at radius 1 is 1.22 bits per heavy atom. The number of carbonyl (C=O) groups is 1. The summed E-state index contributed by atoms with van der Waals surface area (Å²) in [6.07, 6.45) is 0. The molecule has 1 heterocycles. The normalized spacial score (nSPS) is 11.3. The molecule has 0 aliphatic heterocycles. The van der Waals surface area contributed by atoms with Crippen LogP contribution in [-0.4, -0.2) is 46.3 Å². The summed E-state index contributed by atoms with van der Waals surface area (Å²) >= 11 is 12.1. The SMILES string of the molecule is COC(=O)c1nc(Cl)c(Cl)c([N+](C)(C)C)c1OC. The van der Waals surface area contributed by atoms with Gasteiger partial charge in [0, 0.05) is 0 Å². The standard InChI is InChI=1S/C11H15Cl2N2O3/c1-15(2,3)8-6(12)10(13)14-7(9(8)17-4)11(16)18-5/h1-5H3/q+1. The zero-order valence-corrected chi connectivity index (χ0v) is 12.4. The van der Waals surface area contributed by atoms with E-state index in [4.69, 9.17) is 27.9 Å². The average molecular weight is 294 g/mol. The lowest BCUT2D eigenvalue weighted by Crippen LogP contribution is -2.36. The molecule has 1 aromatic rings. The van der Waals surface area contributed by atoms with Gasteiger partial charge in [-0.2, -0.15) is 0 Å². The molecule has 0 atom stereocenters. The molecule has 18 heavy (non-hydrogen) atoms. The van der Waals surface area contributed by atoms with Gasteiger partial charge in [0.05, 0.1) is 35.4 Å². The predicted molar refractivity (Wildman–Crippen MR) is 71.7 cm³/mol. The van der Waals surface area contributed by atoms with E-state index < -0.39 is 5.97 Å². The minimum absolute atomic E-state index is 0.0115. The summed E-state index contributed by atoms with van der Waals surface area (Å²) < 4.78 is 10.2. The molecule has 0 spiro atoms. The molecular formula is C11H15Cl2N2O3+. The molecule has 0 N–H and O–H groups in total. The molecule has 5 nitrogen and oxygen atoms in total. The number of quaternary nitrogens is 1. The monoisotopic (exact) mass is 293 g/mol. The Balaban J connectivity index is 3.68. The number of hydrogen-bond acceptors (Lipinski definition) is 4. The van der Waals surface area contributed by atoms with Crippen molar-refractivity contribution in [3.63, 3.8) is 0 Å². The molecule has 0 fully saturated rings. The lowest BCUT2D eigenvalue weighted by atomic mass is 10.2. The second-order valence-electron chi connectivity index (χ2n) is 4.45. The molecule has 0 aliphatic carbocycles. The summed E-state index contributed by atoms with van der Waals surface area (Å²) in [6, 6.07) is 0. The summed E-state index contributed by atoms with van der Waals surface area (Å²) in [5, 5.41) is 0.301. The van der Waals surface area contributed by atoms with E-state index in [-0.39, 0.29) is 21.6 Å². The van der Waals surface area contributed by atoms with E-state index in [1.165, 1.54) is 14.2 Å². The van der Waals surface area contributed by atoms with Crippen molar-refractivity contribution in [2.24, 2.45) is 0 Å². The van der Waals surface area contributed by atoms with Crippen LogP contribution in [-0.2, 0) is 4.74 Å². The zero-order chi connectivity index (χ0) is 14.1. The van der Waals surface area contributed by atoms with Crippen molar-refractivity contribution >= 4 is 34.9 Å². The number of halogens is 2. The van der Waals surface area contributed by atoms with Crippen molar-refractivity contribution in [2.75, 3.05) is 35.4 Å². The first-order chi connectivity index (χ1) is 8.23. The molecule has 0 unspecified atom stereocenters. The van der Waals surface area contributed by atoms with E-state index in [1.807, 2.05) is 21.1 Å². The summed E-state index contributed by atoms with van der Waals surface area (Å²) in [6.45, 7) is 0. The smallest absolute Gasteiger partial charge is 0.360 e. The van der Waals surface area contributed by atoms with Crippen LogP contribution in [0.15, 0.2) is 0 Å². The number of rotatable bonds is 3. The van der Waals surface area contributed by atoms with E-state index >= 15 is 0 Å². The van der Waals surface area contributed by atoms with Crippen LogP contribution in [0, 0.1) is 0 Å². The average Bonchev–Trinajstić information content (AvgIpc) is 2.29. The fourth-order valence-corrected chi connectivity index (χ4v) is 2.09. The van der Waals surface area contributed by atoms with Crippen LogP contribution in [0.4, 0.5) is 5.69 Å². The third kappa shape index (κ3) is 2.68. The van der Waals surface area contributed by atoms with Crippen LogP contribution >= 0.6 is 23.2 Å². The lowest BCUT2D eigenvalue weighted by molar-refractivity contribution is 0.0590. The highest BCUT2D eigenvalue weighted by Crippen LogP contribution is 2.42. The van der Waals surface area contributed by atoms with Gasteiger partial charge in [-0.1, -0.05) is 23.2 Å². The van der Waals surface area contributed by atoms with Crippen molar-refractivity contribution in [1.82, 2.24) is 9.47 Å². The first-order valence-electron chi connectivity index (χ1n) is 5.07. The second kappa shape index (κ2) is 5.30. The van der Waals surface area contributed by atoms with Crippen LogP contribution in [0.3, 0.4) is 0 Å². The quantitative estimate of drug-likeness (QED) is 0.488. The molecular weight excluding hydrogens is 279 g/mol. The largest absolute Gasteiger partial charge is 0.489 e. The number of nitrogens with zero attached hydrogens (tertiary/aromatic N) is 2. The Labute approximate surface area is 116 Å². The van der Waals surface area contributed by atoms with E-state index in [1.54, 1.807) is 0 Å². The summed E-state index contributed by atoms with van der Waals surface area (Å²) in [5.41, 5.74) is 0.581. The highest BCUT2D eigenvalue weighted by atomic mass is 35.5. The Hall–Kier alpha value is -1.04. The van der Waals surface area contributed by atoms with Gasteiger partial charge in [-0.15, -0.1) is 0 Å². The van der Waals surface area contributed by atoms with Gasteiger partial charge < -0.3 is 9.47 Å². The molecule has 1 aromatic heterocycles. The predicted octanol–water partition coefficient (Wildman–Crippen LogP) is 2.38. The maximum absolute atomic E-state index is 11.7. The third-order valence-corrected chi connectivity index (χ3v) is 3.01. The number of methoxy groups -OCH3 is 2.